The molecule has 1 saturated heterocycles. The Kier molecular flexibility index (Phi) is 4.56. The van der Waals surface area contributed by atoms with E-state index >= 15 is 0 Å². The van der Waals surface area contributed by atoms with Crippen LogP contribution < -0.4 is 5.73 Å². The molecule has 0 unspecified atom stereocenters. The lowest BCUT2D eigenvalue weighted by molar-refractivity contribution is 0.215. The number of nitrogen functional groups attached to an aromatic ring is 1. The number of nitrogens with two attached hydrogens (primary N) is 1. The summed E-state index contributed by atoms with van der Waals surface area (Å²) in [5.41, 5.74) is 9.85. The minimum Gasteiger partial charge on any atom is -0.398 e. The molecule has 2 N–H and O–H groups in total. The van der Waals surface area contributed by atoms with Gasteiger partial charge in [-0.2, -0.15) is 0 Å². The minimum atomic E-state index is 0.638. The molecule has 1 aliphatic rings. The zero-order valence-corrected chi connectivity index (χ0v) is 12.5. The summed E-state index contributed by atoms with van der Waals surface area (Å²) in [6.45, 7) is 3.54. The molecule has 0 saturated carbocycles. The van der Waals surface area contributed by atoms with E-state index in [-0.39, 0.29) is 0 Å². The van der Waals surface area contributed by atoms with Crippen molar-refractivity contribution in [1.29, 1.82) is 0 Å². The van der Waals surface area contributed by atoms with Crippen LogP contribution in [0.4, 0.5) is 5.69 Å². The topological polar surface area (TPSA) is 29.3 Å². The van der Waals surface area contributed by atoms with E-state index in [4.69, 9.17) is 5.73 Å². The summed E-state index contributed by atoms with van der Waals surface area (Å²) < 4.78 is 0. The smallest absolute Gasteiger partial charge is 0.0349 e. The van der Waals surface area contributed by atoms with Gasteiger partial charge >= 0.3 is 0 Å². The Balaban J connectivity index is 1.50. The van der Waals surface area contributed by atoms with Crippen LogP contribution in [0, 0.1) is 0 Å². The average molecular weight is 280 g/mol. The first-order chi connectivity index (χ1) is 10.3. The van der Waals surface area contributed by atoms with Crippen molar-refractivity contribution in [2.24, 2.45) is 0 Å². The molecule has 0 amide bonds. The van der Waals surface area contributed by atoms with Crippen molar-refractivity contribution in [2.75, 3.05) is 25.4 Å². The molecule has 1 heterocycles. The Morgan fingerprint density at radius 1 is 0.905 bits per heavy atom. The average Bonchev–Trinajstić information content (AvgIpc) is 2.55. The van der Waals surface area contributed by atoms with Crippen molar-refractivity contribution >= 4 is 5.69 Å². The standard InChI is InChI=1S/C19H24N2/c20-19-9-5-4-8-18(19)17-11-14-21(15-12-17)13-10-16-6-2-1-3-7-16/h1-9,17H,10-15,20H2. The van der Waals surface area contributed by atoms with Crippen LogP contribution in [-0.2, 0) is 6.42 Å². The zero-order chi connectivity index (χ0) is 14.5. The number of benzene rings is 2. The third-order valence-corrected chi connectivity index (χ3v) is 4.58. The minimum absolute atomic E-state index is 0.638. The lowest BCUT2D eigenvalue weighted by Gasteiger charge is -2.32. The van der Waals surface area contributed by atoms with Crippen LogP contribution in [0.15, 0.2) is 54.6 Å². The molecule has 2 aromatic carbocycles. The second kappa shape index (κ2) is 6.77. The van der Waals surface area contributed by atoms with Gasteiger partial charge in [0, 0.05) is 12.2 Å². The van der Waals surface area contributed by atoms with E-state index in [0.717, 1.165) is 12.1 Å². The van der Waals surface area contributed by atoms with E-state index in [9.17, 15) is 0 Å². The van der Waals surface area contributed by atoms with Gasteiger partial charge in [-0.1, -0.05) is 48.5 Å². The van der Waals surface area contributed by atoms with E-state index in [0.29, 0.717) is 5.92 Å². The molecule has 0 aliphatic carbocycles. The Hall–Kier alpha value is -1.80. The van der Waals surface area contributed by atoms with Crippen molar-refractivity contribution in [1.82, 2.24) is 4.90 Å². The first-order valence-corrected chi connectivity index (χ1v) is 7.93. The van der Waals surface area contributed by atoms with Gasteiger partial charge in [0.25, 0.3) is 0 Å². The lowest BCUT2D eigenvalue weighted by atomic mass is 9.88. The molecule has 2 nitrogen and oxygen atoms in total. The van der Waals surface area contributed by atoms with Crippen molar-refractivity contribution in [3.05, 3.63) is 65.7 Å². The van der Waals surface area contributed by atoms with E-state index in [2.05, 4.69) is 47.4 Å². The molecule has 0 radical (unpaired) electrons. The maximum absolute atomic E-state index is 6.11. The lowest BCUT2D eigenvalue weighted by Crippen LogP contribution is -2.34. The number of piperidine rings is 1. The summed E-state index contributed by atoms with van der Waals surface area (Å²) in [5.74, 6) is 0.638. The number of para-hydroxylation sites is 1. The molecule has 1 aliphatic heterocycles. The van der Waals surface area contributed by atoms with Gasteiger partial charge in [0.2, 0.25) is 0 Å². The molecule has 2 heteroatoms. The summed E-state index contributed by atoms with van der Waals surface area (Å²) >= 11 is 0. The summed E-state index contributed by atoms with van der Waals surface area (Å²) in [5, 5.41) is 0. The Labute approximate surface area is 127 Å². The van der Waals surface area contributed by atoms with E-state index in [1.54, 1.807) is 0 Å². The van der Waals surface area contributed by atoms with Gasteiger partial charge in [-0.25, -0.2) is 0 Å². The quantitative estimate of drug-likeness (QED) is 0.865. The fourth-order valence-corrected chi connectivity index (χ4v) is 3.28. The van der Waals surface area contributed by atoms with Crippen LogP contribution in [0.5, 0.6) is 0 Å². The van der Waals surface area contributed by atoms with Gasteiger partial charge in [-0.3, -0.25) is 0 Å². The SMILES string of the molecule is Nc1ccccc1C1CCN(CCc2ccccc2)CC1. The normalized spacial score (nSPS) is 17.0. The summed E-state index contributed by atoms with van der Waals surface area (Å²) in [7, 11) is 0. The number of likely N-dealkylation sites (tertiary alicyclic amines) is 1. The van der Waals surface area contributed by atoms with Gasteiger partial charge in [0.05, 0.1) is 0 Å². The monoisotopic (exact) mass is 280 g/mol. The number of hydrogen-bond acceptors (Lipinski definition) is 2. The fraction of sp³-hybridized carbons (Fsp3) is 0.368. The van der Waals surface area contributed by atoms with Gasteiger partial charge < -0.3 is 10.6 Å². The molecule has 21 heavy (non-hydrogen) atoms. The predicted molar refractivity (Wildman–Crippen MR) is 89.4 cm³/mol. The van der Waals surface area contributed by atoms with E-state index in [1.165, 1.54) is 43.6 Å². The molecule has 0 aromatic heterocycles. The predicted octanol–water partition coefficient (Wildman–Crippen LogP) is 3.69. The number of anilines is 1. The number of nitrogens with zero attached hydrogens (tertiary/aromatic N) is 1. The molecular formula is C19H24N2. The van der Waals surface area contributed by atoms with Gasteiger partial charge in [0.15, 0.2) is 0 Å². The van der Waals surface area contributed by atoms with Gasteiger partial charge in [-0.05, 0) is 55.5 Å². The number of rotatable bonds is 4. The van der Waals surface area contributed by atoms with Crippen LogP contribution in [0.2, 0.25) is 0 Å². The summed E-state index contributed by atoms with van der Waals surface area (Å²) in [4.78, 5) is 2.59. The first-order valence-electron chi connectivity index (χ1n) is 7.93. The van der Waals surface area contributed by atoms with Gasteiger partial charge in [0.1, 0.15) is 0 Å². The van der Waals surface area contributed by atoms with E-state index < -0.39 is 0 Å². The molecular weight excluding hydrogens is 256 g/mol. The van der Waals surface area contributed by atoms with Crippen molar-refractivity contribution in [3.8, 4) is 0 Å². The van der Waals surface area contributed by atoms with Crippen molar-refractivity contribution in [2.45, 2.75) is 25.2 Å². The summed E-state index contributed by atoms with van der Waals surface area (Å²) in [6.07, 6.45) is 3.60. The Morgan fingerprint density at radius 3 is 2.29 bits per heavy atom. The molecule has 1 fully saturated rings. The fourth-order valence-electron chi connectivity index (χ4n) is 3.28. The summed E-state index contributed by atoms with van der Waals surface area (Å²) in [6, 6.07) is 19.1. The third kappa shape index (κ3) is 3.64. The second-order valence-electron chi connectivity index (χ2n) is 5.98. The van der Waals surface area contributed by atoms with Crippen LogP contribution >= 0.6 is 0 Å². The zero-order valence-electron chi connectivity index (χ0n) is 12.5. The third-order valence-electron chi connectivity index (χ3n) is 4.58. The highest BCUT2D eigenvalue weighted by molar-refractivity contribution is 5.48. The van der Waals surface area contributed by atoms with Crippen LogP contribution in [0.25, 0.3) is 0 Å². The highest BCUT2D eigenvalue weighted by atomic mass is 15.1. The Bertz CT molecular complexity index is 557. The van der Waals surface area contributed by atoms with Crippen LogP contribution in [0.3, 0.4) is 0 Å². The molecule has 2 aromatic rings. The molecule has 110 valence electrons. The number of hydrogen-bond donors (Lipinski definition) is 1. The first kappa shape index (κ1) is 14.2. The maximum atomic E-state index is 6.11. The largest absolute Gasteiger partial charge is 0.398 e. The van der Waals surface area contributed by atoms with Crippen LogP contribution in [-0.4, -0.2) is 24.5 Å². The second-order valence-corrected chi connectivity index (χ2v) is 5.98. The van der Waals surface area contributed by atoms with Gasteiger partial charge in [-0.15, -0.1) is 0 Å². The van der Waals surface area contributed by atoms with Crippen molar-refractivity contribution in [3.63, 3.8) is 0 Å². The van der Waals surface area contributed by atoms with Crippen LogP contribution in [0.1, 0.15) is 29.9 Å². The highest BCUT2D eigenvalue weighted by Crippen LogP contribution is 2.31. The van der Waals surface area contributed by atoms with E-state index in [1.807, 2.05) is 12.1 Å². The van der Waals surface area contributed by atoms with Crippen molar-refractivity contribution < 1.29 is 0 Å². The maximum Gasteiger partial charge on any atom is 0.0349 e. The Morgan fingerprint density at radius 2 is 1.57 bits per heavy atom. The molecule has 0 spiro atoms. The molecule has 0 bridgehead atoms. The highest BCUT2D eigenvalue weighted by Gasteiger charge is 2.21. The molecule has 0 atom stereocenters. The molecule has 3 rings (SSSR count).